The van der Waals surface area contributed by atoms with E-state index in [9.17, 15) is 9.90 Å². The minimum atomic E-state index is -0.218. The van der Waals surface area contributed by atoms with Gasteiger partial charge < -0.3 is 10.2 Å². The third-order valence-electron chi connectivity index (χ3n) is 1.66. The number of aliphatic hydroxyl groups is 1. The molecule has 0 atom stereocenters. The quantitative estimate of drug-likeness (QED) is 0.646. The number of aliphatic hydroxyl groups excluding tert-OH is 1. The lowest BCUT2D eigenvalue weighted by Crippen LogP contribution is -1.93. The number of hydrogen-bond acceptors (Lipinski definition) is 3. The second kappa shape index (κ2) is 3.36. The van der Waals surface area contributed by atoms with Gasteiger partial charge in [0, 0.05) is 11.1 Å². The lowest BCUT2D eigenvalue weighted by molar-refractivity contribution is 0.101. The van der Waals surface area contributed by atoms with E-state index in [1.807, 2.05) is 0 Å². The Morgan fingerprint density at radius 2 is 2.17 bits per heavy atom. The first-order valence-corrected chi connectivity index (χ1v) is 3.59. The lowest BCUT2D eigenvalue weighted by Gasteiger charge is -2.01. The van der Waals surface area contributed by atoms with Crippen LogP contribution in [-0.2, 0) is 6.61 Å². The molecule has 0 fully saturated rings. The molecule has 3 heteroatoms. The van der Waals surface area contributed by atoms with Crippen LogP contribution in [0.25, 0.3) is 0 Å². The van der Waals surface area contributed by atoms with Gasteiger partial charge in [-0.1, -0.05) is 12.1 Å². The van der Waals surface area contributed by atoms with E-state index in [0.29, 0.717) is 11.1 Å². The van der Waals surface area contributed by atoms with Crippen LogP contribution in [0.3, 0.4) is 0 Å². The van der Waals surface area contributed by atoms with Crippen molar-refractivity contribution in [1.29, 1.82) is 0 Å². The predicted octanol–water partition coefficient (Wildman–Crippen LogP) is 1.09. The highest BCUT2D eigenvalue weighted by molar-refractivity contribution is 5.94. The molecular weight excluding hydrogens is 156 g/mol. The zero-order valence-corrected chi connectivity index (χ0v) is 6.74. The molecule has 0 aliphatic rings. The fraction of sp³-hybridized carbons (Fsp3) is 0.222. The van der Waals surface area contributed by atoms with Gasteiger partial charge in [0.15, 0.2) is 5.78 Å². The van der Waals surface area contributed by atoms with E-state index in [1.165, 1.54) is 19.1 Å². The molecule has 0 aliphatic carbocycles. The summed E-state index contributed by atoms with van der Waals surface area (Å²) in [6.45, 7) is 1.21. The van der Waals surface area contributed by atoms with E-state index in [-0.39, 0.29) is 18.1 Å². The third kappa shape index (κ3) is 1.62. The molecule has 1 aromatic rings. The number of carbonyl (C=O) groups is 1. The van der Waals surface area contributed by atoms with Gasteiger partial charge in [0.05, 0.1) is 6.61 Å². The molecule has 0 bridgehead atoms. The highest BCUT2D eigenvalue weighted by Crippen LogP contribution is 2.18. The Balaban J connectivity index is 3.10. The van der Waals surface area contributed by atoms with Gasteiger partial charge in [-0.15, -0.1) is 0 Å². The number of hydrogen-bond donors (Lipinski definition) is 2. The highest BCUT2D eigenvalue weighted by Gasteiger charge is 2.03. The van der Waals surface area contributed by atoms with Crippen LogP contribution in [0.1, 0.15) is 22.8 Å². The van der Waals surface area contributed by atoms with Gasteiger partial charge in [0.2, 0.25) is 0 Å². The smallest absolute Gasteiger partial charge is 0.159 e. The van der Waals surface area contributed by atoms with Gasteiger partial charge in [0.25, 0.3) is 0 Å². The zero-order valence-electron chi connectivity index (χ0n) is 6.74. The molecule has 0 radical (unpaired) electrons. The normalized spacial score (nSPS) is 9.83. The molecule has 0 aromatic heterocycles. The summed E-state index contributed by atoms with van der Waals surface area (Å²) in [5.41, 5.74) is 0.879. The third-order valence-corrected chi connectivity index (χ3v) is 1.66. The molecule has 0 amide bonds. The van der Waals surface area contributed by atoms with E-state index in [1.54, 1.807) is 6.07 Å². The number of Topliss-reactive ketones (excluding diaryl/α,β-unsaturated/α-hetero) is 1. The Bertz CT molecular complexity index is 305. The molecular formula is C9H10O3. The van der Waals surface area contributed by atoms with Crippen molar-refractivity contribution in [3.05, 3.63) is 29.3 Å². The second-order valence-electron chi connectivity index (χ2n) is 2.56. The van der Waals surface area contributed by atoms with E-state index in [0.717, 1.165) is 0 Å². The molecule has 1 rings (SSSR count). The number of benzene rings is 1. The molecule has 64 valence electrons. The fourth-order valence-corrected chi connectivity index (χ4v) is 0.917. The standard InChI is InChI=1S/C9H10O3/c1-6(11)7-2-3-8(5-10)9(12)4-7/h2-4,10,12H,5H2,1H3. The van der Waals surface area contributed by atoms with Crippen LogP contribution >= 0.6 is 0 Å². The summed E-state index contributed by atoms with van der Waals surface area (Å²) in [5, 5.41) is 17.9. The Morgan fingerprint density at radius 3 is 2.58 bits per heavy atom. The summed E-state index contributed by atoms with van der Waals surface area (Å²) in [5.74, 6) is -0.139. The van der Waals surface area contributed by atoms with Gasteiger partial charge in [-0.3, -0.25) is 4.79 Å². The minimum absolute atomic E-state index is 0.0369. The largest absolute Gasteiger partial charge is 0.508 e. The van der Waals surface area contributed by atoms with Gasteiger partial charge in [0.1, 0.15) is 5.75 Å². The van der Waals surface area contributed by atoms with E-state index < -0.39 is 0 Å². The second-order valence-corrected chi connectivity index (χ2v) is 2.56. The monoisotopic (exact) mass is 166 g/mol. The van der Waals surface area contributed by atoms with E-state index in [4.69, 9.17) is 5.11 Å². The molecule has 0 aliphatic heterocycles. The maximum Gasteiger partial charge on any atom is 0.159 e. The Morgan fingerprint density at radius 1 is 1.50 bits per heavy atom. The van der Waals surface area contributed by atoms with Crippen molar-refractivity contribution in [2.45, 2.75) is 13.5 Å². The first kappa shape index (κ1) is 8.74. The maximum absolute atomic E-state index is 10.8. The molecule has 12 heavy (non-hydrogen) atoms. The molecule has 0 saturated carbocycles. The summed E-state index contributed by atoms with van der Waals surface area (Å²) in [6.07, 6.45) is 0. The fourth-order valence-electron chi connectivity index (χ4n) is 0.917. The van der Waals surface area contributed by atoms with Crippen LogP contribution in [0.5, 0.6) is 5.75 Å². The van der Waals surface area contributed by atoms with Gasteiger partial charge >= 0.3 is 0 Å². The summed E-state index contributed by atoms with van der Waals surface area (Å²) in [6, 6.07) is 4.47. The van der Waals surface area contributed by atoms with Gasteiger partial charge in [-0.25, -0.2) is 0 Å². The molecule has 1 aromatic carbocycles. The molecule has 0 heterocycles. The Labute approximate surface area is 70.3 Å². The maximum atomic E-state index is 10.8. The van der Waals surface area contributed by atoms with Crippen LogP contribution in [-0.4, -0.2) is 16.0 Å². The SMILES string of the molecule is CC(=O)c1ccc(CO)c(O)c1. The first-order valence-electron chi connectivity index (χ1n) is 3.59. The van der Waals surface area contributed by atoms with Crippen LogP contribution in [0.4, 0.5) is 0 Å². The van der Waals surface area contributed by atoms with Gasteiger partial charge in [-0.05, 0) is 13.0 Å². The number of ketones is 1. The predicted molar refractivity (Wildman–Crippen MR) is 44.0 cm³/mol. The van der Waals surface area contributed by atoms with Crippen LogP contribution < -0.4 is 0 Å². The van der Waals surface area contributed by atoms with Crippen molar-refractivity contribution in [3.63, 3.8) is 0 Å². The molecule has 0 spiro atoms. The summed E-state index contributed by atoms with van der Waals surface area (Å²) < 4.78 is 0. The van der Waals surface area contributed by atoms with Crippen molar-refractivity contribution in [2.24, 2.45) is 0 Å². The molecule has 3 nitrogen and oxygen atoms in total. The molecule has 0 unspecified atom stereocenters. The number of phenols is 1. The van der Waals surface area contributed by atoms with Crippen LogP contribution in [0.15, 0.2) is 18.2 Å². The average molecular weight is 166 g/mol. The summed E-state index contributed by atoms with van der Waals surface area (Å²) >= 11 is 0. The van der Waals surface area contributed by atoms with Crippen molar-refractivity contribution >= 4 is 5.78 Å². The molecule has 0 saturated heterocycles. The topological polar surface area (TPSA) is 57.5 Å². The van der Waals surface area contributed by atoms with Crippen molar-refractivity contribution in [2.75, 3.05) is 0 Å². The lowest BCUT2D eigenvalue weighted by atomic mass is 10.1. The first-order chi connectivity index (χ1) is 5.65. The Hall–Kier alpha value is -1.35. The average Bonchev–Trinajstić information content (AvgIpc) is 2.04. The van der Waals surface area contributed by atoms with Crippen molar-refractivity contribution < 1.29 is 15.0 Å². The summed E-state index contributed by atoms with van der Waals surface area (Å²) in [7, 11) is 0. The van der Waals surface area contributed by atoms with Crippen LogP contribution in [0, 0.1) is 0 Å². The Kier molecular flexibility index (Phi) is 2.45. The molecule has 2 N–H and O–H groups in total. The summed E-state index contributed by atoms with van der Waals surface area (Å²) in [4.78, 5) is 10.8. The van der Waals surface area contributed by atoms with Crippen LogP contribution in [0.2, 0.25) is 0 Å². The van der Waals surface area contributed by atoms with E-state index >= 15 is 0 Å². The van der Waals surface area contributed by atoms with E-state index in [2.05, 4.69) is 0 Å². The van der Waals surface area contributed by atoms with Gasteiger partial charge in [-0.2, -0.15) is 0 Å². The number of carbonyl (C=O) groups excluding carboxylic acids is 1. The zero-order chi connectivity index (χ0) is 9.14. The number of rotatable bonds is 2. The van der Waals surface area contributed by atoms with Crippen molar-refractivity contribution in [1.82, 2.24) is 0 Å². The van der Waals surface area contributed by atoms with Crippen molar-refractivity contribution in [3.8, 4) is 5.75 Å². The minimum Gasteiger partial charge on any atom is -0.508 e. The highest BCUT2D eigenvalue weighted by atomic mass is 16.3. The number of aromatic hydroxyl groups is 1.